The summed E-state index contributed by atoms with van der Waals surface area (Å²) in [7, 11) is 1.73. The van der Waals surface area contributed by atoms with Crippen molar-refractivity contribution >= 4 is 5.91 Å². The summed E-state index contributed by atoms with van der Waals surface area (Å²) in [6, 6.07) is 6.99. The largest absolute Gasteiger partial charge is 0.497 e. The van der Waals surface area contributed by atoms with Crippen molar-refractivity contribution < 1.29 is 9.53 Å². The third-order valence-electron chi connectivity index (χ3n) is 5.19. The first-order chi connectivity index (χ1) is 11.7. The average molecular weight is 331 g/mol. The number of piperazine rings is 1. The molecule has 1 saturated heterocycles. The lowest BCUT2D eigenvalue weighted by molar-refractivity contribution is -0.122. The highest BCUT2D eigenvalue weighted by atomic mass is 16.5. The molecule has 0 spiro atoms. The minimum atomic E-state index is 0.154. The summed E-state index contributed by atoms with van der Waals surface area (Å²) in [6.07, 6.45) is 3.34. The van der Waals surface area contributed by atoms with Gasteiger partial charge < -0.3 is 10.1 Å². The number of carbonyl (C=O) groups excluding carboxylic acids is 1. The van der Waals surface area contributed by atoms with Crippen molar-refractivity contribution in [3.63, 3.8) is 0 Å². The molecule has 1 aromatic carbocycles. The van der Waals surface area contributed by atoms with Gasteiger partial charge in [-0.2, -0.15) is 0 Å². The van der Waals surface area contributed by atoms with Crippen LogP contribution in [0.2, 0.25) is 0 Å². The van der Waals surface area contributed by atoms with Gasteiger partial charge in [0.1, 0.15) is 5.75 Å². The molecule has 0 saturated carbocycles. The van der Waals surface area contributed by atoms with Crippen LogP contribution in [0.5, 0.6) is 5.75 Å². The van der Waals surface area contributed by atoms with E-state index in [0.717, 1.165) is 51.3 Å². The molecule has 1 heterocycles. The Balaban J connectivity index is 1.54. The first-order valence-electron chi connectivity index (χ1n) is 9.11. The summed E-state index contributed by atoms with van der Waals surface area (Å²) in [4.78, 5) is 16.7. The zero-order chi connectivity index (χ0) is 16.9. The summed E-state index contributed by atoms with van der Waals surface area (Å²) < 4.78 is 5.40. The molecule has 1 fully saturated rings. The molecule has 2 aliphatic rings. The van der Waals surface area contributed by atoms with Gasteiger partial charge in [-0.25, -0.2) is 0 Å². The molecule has 1 unspecified atom stereocenters. The van der Waals surface area contributed by atoms with Gasteiger partial charge in [0.05, 0.1) is 13.7 Å². The summed E-state index contributed by atoms with van der Waals surface area (Å²) in [6.45, 7) is 7.38. The van der Waals surface area contributed by atoms with E-state index in [9.17, 15) is 4.79 Å². The molecule has 1 aliphatic carbocycles. The third-order valence-corrected chi connectivity index (χ3v) is 5.19. The van der Waals surface area contributed by atoms with Gasteiger partial charge in [0.2, 0.25) is 5.91 Å². The molecule has 1 aromatic rings. The molecule has 0 aromatic heterocycles. The van der Waals surface area contributed by atoms with Crippen LogP contribution in [0, 0.1) is 0 Å². The quantitative estimate of drug-likeness (QED) is 0.864. The number of hydrogen-bond acceptors (Lipinski definition) is 4. The zero-order valence-corrected chi connectivity index (χ0v) is 14.9. The maximum atomic E-state index is 11.9. The standard InChI is InChI=1S/C19H29N3O2/c1-3-8-20-19(23)14-21-9-11-22(12-10-21)18-7-5-15-4-6-16(24-2)13-17(15)18/h4,6,13,18H,3,5,7-12,14H2,1-2H3,(H,20,23). The molecular formula is C19H29N3O2. The molecule has 24 heavy (non-hydrogen) atoms. The number of fused-ring (bicyclic) bond motifs is 1. The van der Waals surface area contributed by atoms with E-state index < -0.39 is 0 Å². The first-order valence-corrected chi connectivity index (χ1v) is 9.11. The van der Waals surface area contributed by atoms with E-state index in [1.54, 1.807) is 7.11 Å². The summed E-state index contributed by atoms with van der Waals surface area (Å²) in [5, 5.41) is 2.96. The van der Waals surface area contributed by atoms with Crippen molar-refractivity contribution in [2.24, 2.45) is 0 Å². The molecular weight excluding hydrogens is 302 g/mol. The van der Waals surface area contributed by atoms with E-state index >= 15 is 0 Å². The minimum absolute atomic E-state index is 0.154. The Labute approximate surface area is 145 Å². The van der Waals surface area contributed by atoms with E-state index in [1.165, 1.54) is 17.5 Å². The van der Waals surface area contributed by atoms with Gasteiger partial charge >= 0.3 is 0 Å². The minimum Gasteiger partial charge on any atom is -0.497 e. The van der Waals surface area contributed by atoms with E-state index in [2.05, 4.69) is 40.2 Å². The van der Waals surface area contributed by atoms with Gasteiger partial charge in [0.15, 0.2) is 0 Å². The van der Waals surface area contributed by atoms with Crippen molar-refractivity contribution in [3.05, 3.63) is 29.3 Å². The Kier molecular flexibility index (Phi) is 5.74. The van der Waals surface area contributed by atoms with Crippen molar-refractivity contribution in [2.45, 2.75) is 32.2 Å². The van der Waals surface area contributed by atoms with Crippen LogP contribution in [-0.2, 0) is 11.2 Å². The Hall–Kier alpha value is -1.59. The Morgan fingerprint density at radius 2 is 2.08 bits per heavy atom. The van der Waals surface area contributed by atoms with Crippen LogP contribution in [0.15, 0.2) is 18.2 Å². The third kappa shape index (κ3) is 3.90. The van der Waals surface area contributed by atoms with Crippen molar-refractivity contribution in [3.8, 4) is 5.75 Å². The number of amides is 1. The fraction of sp³-hybridized carbons (Fsp3) is 0.632. The first kappa shape index (κ1) is 17.2. The van der Waals surface area contributed by atoms with Crippen LogP contribution < -0.4 is 10.1 Å². The van der Waals surface area contributed by atoms with Gasteiger partial charge in [-0.3, -0.25) is 14.6 Å². The number of carbonyl (C=O) groups is 1. The molecule has 1 aliphatic heterocycles. The number of rotatable bonds is 6. The van der Waals surface area contributed by atoms with Crippen LogP contribution in [0.3, 0.4) is 0 Å². The van der Waals surface area contributed by atoms with Crippen LogP contribution in [0.1, 0.15) is 36.9 Å². The maximum Gasteiger partial charge on any atom is 0.234 e. The fourth-order valence-electron chi connectivity index (χ4n) is 3.82. The highest BCUT2D eigenvalue weighted by Gasteiger charge is 2.30. The Morgan fingerprint density at radius 3 is 2.79 bits per heavy atom. The molecule has 5 nitrogen and oxygen atoms in total. The summed E-state index contributed by atoms with van der Waals surface area (Å²) in [5.74, 6) is 1.10. The molecule has 5 heteroatoms. The predicted octanol–water partition coefficient (Wildman–Crippen LogP) is 1.83. The maximum absolute atomic E-state index is 11.9. The molecule has 0 bridgehead atoms. The SMILES string of the molecule is CCCNC(=O)CN1CCN(C2CCc3ccc(OC)cc32)CC1. The second kappa shape index (κ2) is 7.99. The number of nitrogens with zero attached hydrogens (tertiary/aromatic N) is 2. The van der Waals surface area contributed by atoms with Crippen molar-refractivity contribution in [2.75, 3.05) is 46.4 Å². The van der Waals surface area contributed by atoms with Gasteiger partial charge in [0.25, 0.3) is 0 Å². The molecule has 1 N–H and O–H groups in total. The number of ether oxygens (including phenoxy) is 1. The summed E-state index contributed by atoms with van der Waals surface area (Å²) in [5.41, 5.74) is 2.89. The number of benzene rings is 1. The second-order valence-electron chi connectivity index (χ2n) is 6.78. The van der Waals surface area contributed by atoms with Gasteiger partial charge in [-0.05, 0) is 42.5 Å². The van der Waals surface area contributed by atoms with Gasteiger partial charge in [0, 0.05) is 38.8 Å². The van der Waals surface area contributed by atoms with Crippen LogP contribution >= 0.6 is 0 Å². The molecule has 1 amide bonds. The molecule has 1 atom stereocenters. The lowest BCUT2D eigenvalue weighted by Crippen LogP contribution is -2.50. The van der Waals surface area contributed by atoms with Crippen LogP contribution in [0.4, 0.5) is 0 Å². The smallest absolute Gasteiger partial charge is 0.234 e. The zero-order valence-electron chi connectivity index (χ0n) is 14.9. The molecule has 0 radical (unpaired) electrons. The number of nitrogens with one attached hydrogen (secondary N) is 1. The fourth-order valence-corrected chi connectivity index (χ4v) is 3.82. The Morgan fingerprint density at radius 1 is 1.29 bits per heavy atom. The number of methoxy groups -OCH3 is 1. The molecule has 3 rings (SSSR count). The van der Waals surface area contributed by atoms with E-state index in [1.807, 2.05) is 0 Å². The van der Waals surface area contributed by atoms with Crippen LogP contribution in [-0.4, -0.2) is 62.1 Å². The summed E-state index contributed by atoms with van der Waals surface area (Å²) >= 11 is 0. The number of hydrogen-bond donors (Lipinski definition) is 1. The Bertz CT molecular complexity index is 568. The van der Waals surface area contributed by atoms with Crippen molar-refractivity contribution in [1.82, 2.24) is 15.1 Å². The average Bonchev–Trinajstić information content (AvgIpc) is 3.03. The van der Waals surface area contributed by atoms with Gasteiger partial charge in [-0.15, -0.1) is 0 Å². The normalized spacial score (nSPS) is 21.5. The van der Waals surface area contributed by atoms with E-state index in [0.29, 0.717) is 12.6 Å². The second-order valence-corrected chi connectivity index (χ2v) is 6.78. The molecule has 132 valence electrons. The lowest BCUT2D eigenvalue weighted by atomic mass is 10.1. The highest BCUT2D eigenvalue weighted by molar-refractivity contribution is 5.77. The van der Waals surface area contributed by atoms with Gasteiger partial charge in [-0.1, -0.05) is 13.0 Å². The topological polar surface area (TPSA) is 44.8 Å². The van der Waals surface area contributed by atoms with Crippen molar-refractivity contribution in [1.29, 1.82) is 0 Å². The van der Waals surface area contributed by atoms with Crippen LogP contribution in [0.25, 0.3) is 0 Å². The highest BCUT2D eigenvalue weighted by Crippen LogP contribution is 2.38. The van der Waals surface area contributed by atoms with E-state index in [-0.39, 0.29) is 5.91 Å². The van der Waals surface area contributed by atoms with E-state index in [4.69, 9.17) is 4.74 Å². The predicted molar refractivity (Wildman–Crippen MR) is 95.4 cm³/mol. The lowest BCUT2D eigenvalue weighted by Gasteiger charge is -2.38. The monoisotopic (exact) mass is 331 g/mol. The number of aryl methyl sites for hydroxylation is 1.